The van der Waals surface area contributed by atoms with E-state index in [2.05, 4.69) is 22.1 Å². The van der Waals surface area contributed by atoms with E-state index < -0.39 is 0 Å². The number of benzene rings is 2. The first-order chi connectivity index (χ1) is 14.6. The highest BCUT2D eigenvalue weighted by molar-refractivity contribution is 7.23. The van der Waals surface area contributed by atoms with Crippen LogP contribution in [0.2, 0.25) is 0 Å². The Balaban J connectivity index is 1.36. The first-order valence-corrected chi connectivity index (χ1v) is 11.1. The molecule has 0 bridgehead atoms. The van der Waals surface area contributed by atoms with E-state index in [1.807, 2.05) is 28.8 Å². The van der Waals surface area contributed by atoms with E-state index in [-0.39, 0.29) is 11.7 Å². The van der Waals surface area contributed by atoms with Gasteiger partial charge in [-0.3, -0.25) is 14.1 Å². The SMILES string of the molecule is CCN1CCCC1CNC(=O)c1ccc2c(c1)sc1nc(-c3ccc(F)cc3)cn12. The molecule has 154 valence electrons. The molecule has 1 atom stereocenters. The van der Waals surface area contributed by atoms with Crippen LogP contribution in [0.25, 0.3) is 26.4 Å². The molecule has 0 radical (unpaired) electrons. The highest BCUT2D eigenvalue weighted by Gasteiger charge is 2.23. The van der Waals surface area contributed by atoms with Crippen molar-refractivity contribution in [2.45, 2.75) is 25.8 Å². The number of aromatic nitrogens is 2. The summed E-state index contributed by atoms with van der Waals surface area (Å²) in [6.07, 6.45) is 4.31. The second kappa shape index (κ2) is 7.81. The Morgan fingerprint density at radius 2 is 2.10 bits per heavy atom. The Morgan fingerprint density at radius 1 is 1.27 bits per heavy atom. The number of hydrogen-bond acceptors (Lipinski definition) is 4. The lowest BCUT2D eigenvalue weighted by molar-refractivity contribution is 0.0941. The Kier molecular flexibility index (Phi) is 5.00. The van der Waals surface area contributed by atoms with Gasteiger partial charge in [-0.15, -0.1) is 0 Å². The molecule has 2 aromatic heterocycles. The van der Waals surface area contributed by atoms with Gasteiger partial charge < -0.3 is 5.32 Å². The molecule has 1 unspecified atom stereocenters. The van der Waals surface area contributed by atoms with Gasteiger partial charge >= 0.3 is 0 Å². The fourth-order valence-electron chi connectivity index (χ4n) is 4.26. The summed E-state index contributed by atoms with van der Waals surface area (Å²) in [6, 6.07) is 12.6. The molecule has 30 heavy (non-hydrogen) atoms. The topological polar surface area (TPSA) is 49.6 Å². The number of carbonyl (C=O) groups excluding carboxylic acids is 1. The van der Waals surface area contributed by atoms with E-state index in [0.29, 0.717) is 18.2 Å². The molecule has 1 aliphatic rings. The number of carbonyl (C=O) groups is 1. The molecule has 0 spiro atoms. The molecule has 0 saturated carbocycles. The first-order valence-electron chi connectivity index (χ1n) is 10.3. The molecule has 1 fully saturated rings. The zero-order valence-electron chi connectivity index (χ0n) is 16.8. The van der Waals surface area contributed by atoms with Gasteiger partial charge in [-0.2, -0.15) is 0 Å². The van der Waals surface area contributed by atoms with Gasteiger partial charge in [-0.1, -0.05) is 18.3 Å². The summed E-state index contributed by atoms with van der Waals surface area (Å²) in [6.45, 7) is 5.02. The summed E-state index contributed by atoms with van der Waals surface area (Å²) in [4.78, 5) is 20.6. The summed E-state index contributed by atoms with van der Waals surface area (Å²) in [5.41, 5.74) is 3.37. The van der Waals surface area contributed by atoms with Crippen LogP contribution in [-0.2, 0) is 0 Å². The molecule has 2 aromatic carbocycles. The highest BCUT2D eigenvalue weighted by Crippen LogP contribution is 2.30. The van der Waals surface area contributed by atoms with Gasteiger partial charge in [0.2, 0.25) is 0 Å². The summed E-state index contributed by atoms with van der Waals surface area (Å²) in [7, 11) is 0. The quantitative estimate of drug-likeness (QED) is 0.513. The second-order valence-electron chi connectivity index (χ2n) is 7.70. The number of amides is 1. The fourth-order valence-corrected chi connectivity index (χ4v) is 5.30. The smallest absolute Gasteiger partial charge is 0.251 e. The standard InChI is InChI=1S/C23H23FN4OS/c1-2-27-11-3-4-18(27)13-25-22(29)16-7-10-20-21(12-16)30-23-26-19(14-28(20)23)15-5-8-17(24)9-6-15/h5-10,12,14,18H,2-4,11,13H2,1H3,(H,25,29). The van der Waals surface area contributed by atoms with Crippen LogP contribution in [0.5, 0.6) is 0 Å². The van der Waals surface area contributed by atoms with Crippen molar-refractivity contribution in [2.24, 2.45) is 0 Å². The lowest BCUT2D eigenvalue weighted by Gasteiger charge is -2.22. The van der Waals surface area contributed by atoms with E-state index >= 15 is 0 Å². The maximum Gasteiger partial charge on any atom is 0.251 e. The predicted octanol–water partition coefficient (Wildman–Crippen LogP) is 4.57. The van der Waals surface area contributed by atoms with Crippen molar-refractivity contribution in [2.75, 3.05) is 19.6 Å². The molecule has 1 N–H and O–H groups in total. The number of halogens is 1. The van der Waals surface area contributed by atoms with Gasteiger partial charge in [0.05, 0.1) is 15.9 Å². The Morgan fingerprint density at radius 3 is 2.90 bits per heavy atom. The molecule has 3 heterocycles. The van der Waals surface area contributed by atoms with Crippen LogP contribution >= 0.6 is 11.3 Å². The lowest BCUT2D eigenvalue weighted by atomic mass is 10.1. The van der Waals surface area contributed by atoms with E-state index in [9.17, 15) is 9.18 Å². The maximum absolute atomic E-state index is 13.2. The largest absolute Gasteiger partial charge is 0.350 e. The predicted molar refractivity (Wildman–Crippen MR) is 119 cm³/mol. The number of likely N-dealkylation sites (N-methyl/N-ethyl adjacent to an activating group) is 1. The third kappa shape index (κ3) is 3.48. The molecule has 1 aliphatic heterocycles. The van der Waals surface area contributed by atoms with Crippen LogP contribution < -0.4 is 5.32 Å². The van der Waals surface area contributed by atoms with Crippen molar-refractivity contribution in [3.05, 3.63) is 60.0 Å². The molecule has 7 heteroatoms. The Labute approximate surface area is 178 Å². The van der Waals surface area contributed by atoms with E-state index in [1.54, 1.807) is 23.5 Å². The van der Waals surface area contributed by atoms with Gasteiger partial charge in [-0.05, 0) is 68.4 Å². The van der Waals surface area contributed by atoms with Crippen molar-refractivity contribution in [3.8, 4) is 11.3 Å². The van der Waals surface area contributed by atoms with E-state index in [0.717, 1.165) is 45.9 Å². The van der Waals surface area contributed by atoms with Crippen LogP contribution in [-0.4, -0.2) is 45.9 Å². The number of likely N-dealkylation sites (tertiary alicyclic amines) is 1. The van der Waals surface area contributed by atoms with E-state index in [4.69, 9.17) is 0 Å². The van der Waals surface area contributed by atoms with Gasteiger partial charge in [0.15, 0.2) is 4.96 Å². The average molecular weight is 423 g/mol. The zero-order valence-corrected chi connectivity index (χ0v) is 17.6. The number of rotatable bonds is 5. The molecule has 0 aliphatic carbocycles. The number of hydrogen-bond donors (Lipinski definition) is 1. The zero-order chi connectivity index (χ0) is 20.7. The fraction of sp³-hybridized carbons (Fsp3) is 0.304. The minimum atomic E-state index is -0.258. The normalized spacial score (nSPS) is 17.2. The third-order valence-corrected chi connectivity index (χ3v) is 6.92. The van der Waals surface area contributed by atoms with Crippen molar-refractivity contribution in [1.82, 2.24) is 19.6 Å². The molecule has 5 nitrogen and oxygen atoms in total. The van der Waals surface area contributed by atoms with Crippen LogP contribution in [0.4, 0.5) is 4.39 Å². The number of nitrogens with one attached hydrogen (secondary N) is 1. The van der Waals surface area contributed by atoms with Gasteiger partial charge in [-0.25, -0.2) is 9.37 Å². The highest BCUT2D eigenvalue weighted by atomic mass is 32.1. The second-order valence-corrected chi connectivity index (χ2v) is 8.71. The number of fused-ring (bicyclic) bond motifs is 3. The number of thiazole rings is 1. The van der Waals surface area contributed by atoms with Crippen molar-refractivity contribution < 1.29 is 9.18 Å². The van der Waals surface area contributed by atoms with Crippen LogP contribution in [0.15, 0.2) is 48.7 Å². The minimum absolute atomic E-state index is 0.0297. The van der Waals surface area contributed by atoms with Crippen molar-refractivity contribution >= 4 is 32.4 Å². The molecular weight excluding hydrogens is 399 g/mol. The van der Waals surface area contributed by atoms with Gasteiger partial charge in [0.25, 0.3) is 5.91 Å². The molecule has 4 aromatic rings. The van der Waals surface area contributed by atoms with Crippen molar-refractivity contribution in [3.63, 3.8) is 0 Å². The first kappa shape index (κ1) is 19.2. The van der Waals surface area contributed by atoms with Crippen molar-refractivity contribution in [1.29, 1.82) is 0 Å². The minimum Gasteiger partial charge on any atom is -0.350 e. The number of nitrogens with zero attached hydrogens (tertiary/aromatic N) is 3. The van der Waals surface area contributed by atoms with Gasteiger partial charge in [0, 0.05) is 29.9 Å². The van der Waals surface area contributed by atoms with Crippen LogP contribution in [0, 0.1) is 5.82 Å². The summed E-state index contributed by atoms with van der Waals surface area (Å²) in [5.74, 6) is -0.288. The van der Waals surface area contributed by atoms with Crippen LogP contribution in [0.3, 0.4) is 0 Å². The third-order valence-electron chi connectivity index (χ3n) is 5.90. The molecule has 1 amide bonds. The van der Waals surface area contributed by atoms with Crippen LogP contribution in [0.1, 0.15) is 30.1 Å². The lowest BCUT2D eigenvalue weighted by Crippen LogP contribution is -2.40. The maximum atomic E-state index is 13.2. The molecular formula is C23H23FN4OS. The number of imidazole rings is 1. The Bertz CT molecular complexity index is 1210. The summed E-state index contributed by atoms with van der Waals surface area (Å²) < 4.78 is 16.2. The molecule has 1 saturated heterocycles. The van der Waals surface area contributed by atoms with Gasteiger partial charge in [0.1, 0.15) is 5.82 Å². The summed E-state index contributed by atoms with van der Waals surface area (Å²) in [5, 5.41) is 3.10. The monoisotopic (exact) mass is 422 g/mol. The van der Waals surface area contributed by atoms with E-state index in [1.165, 1.54) is 18.6 Å². The Hall–Kier alpha value is -2.77. The summed E-state index contributed by atoms with van der Waals surface area (Å²) >= 11 is 1.55. The molecule has 5 rings (SSSR count). The average Bonchev–Trinajstić information content (AvgIpc) is 3.46.